The monoisotopic (exact) mass is 240 g/mol. The molecule has 0 unspecified atom stereocenters. The molecule has 0 N–H and O–H groups in total. The maximum Gasteiger partial charge on any atom is -0.0185 e. The highest BCUT2D eigenvalue weighted by Gasteiger charge is 1.99. The zero-order valence-corrected chi connectivity index (χ0v) is 12.0. The summed E-state index contributed by atoms with van der Waals surface area (Å²) in [6.45, 7) is 8.68. The zero-order valence-electron chi connectivity index (χ0n) is 12.0. The first-order chi connectivity index (χ1) is 8.69. The predicted octanol–water partition coefficient (Wildman–Crippen LogP) is 5.31. The first-order valence-corrected chi connectivity index (χ1v) is 6.46. The van der Waals surface area contributed by atoms with Gasteiger partial charge >= 0.3 is 0 Å². The number of rotatable bonds is 4. The standard InChI is InChI=1S/C16H22.C2H2/c1-5-7-9-15(8-6-2)16-11-10-13(3)14(4)12-16;1-2/h7-12H,5-6H2,1-4H3;1-2H/b9-7-,15-8+;. The number of hydrogen-bond acceptors (Lipinski definition) is 0. The molecule has 96 valence electrons. The Balaban J connectivity index is 0.00000137. The molecule has 0 bridgehead atoms. The van der Waals surface area contributed by atoms with E-state index in [1.165, 1.54) is 22.3 Å². The van der Waals surface area contributed by atoms with Crippen molar-refractivity contribution in [3.05, 3.63) is 53.1 Å². The van der Waals surface area contributed by atoms with Crippen molar-refractivity contribution in [2.24, 2.45) is 0 Å². The van der Waals surface area contributed by atoms with E-state index in [4.69, 9.17) is 0 Å². The van der Waals surface area contributed by atoms with E-state index in [0.29, 0.717) is 0 Å². The quantitative estimate of drug-likeness (QED) is 0.494. The van der Waals surface area contributed by atoms with Crippen molar-refractivity contribution >= 4 is 5.57 Å². The van der Waals surface area contributed by atoms with Gasteiger partial charge in [0.1, 0.15) is 0 Å². The maximum atomic E-state index is 4.00. The van der Waals surface area contributed by atoms with E-state index >= 15 is 0 Å². The van der Waals surface area contributed by atoms with Crippen molar-refractivity contribution in [2.45, 2.75) is 40.5 Å². The molecule has 1 aromatic carbocycles. The fourth-order valence-corrected chi connectivity index (χ4v) is 1.67. The lowest BCUT2D eigenvalue weighted by molar-refractivity contribution is 1.21. The van der Waals surface area contributed by atoms with Crippen LogP contribution in [0.5, 0.6) is 0 Å². The highest BCUT2D eigenvalue weighted by molar-refractivity contribution is 5.74. The molecule has 0 radical (unpaired) electrons. The molecule has 1 rings (SSSR count). The summed E-state index contributed by atoms with van der Waals surface area (Å²) in [6, 6.07) is 6.69. The molecule has 0 saturated carbocycles. The van der Waals surface area contributed by atoms with Gasteiger partial charge in [0.2, 0.25) is 0 Å². The van der Waals surface area contributed by atoms with Crippen LogP contribution in [0.1, 0.15) is 43.4 Å². The predicted molar refractivity (Wildman–Crippen MR) is 83.5 cm³/mol. The minimum atomic E-state index is 1.08. The lowest BCUT2D eigenvalue weighted by Crippen LogP contribution is -1.86. The topological polar surface area (TPSA) is 0 Å². The Morgan fingerprint density at radius 2 is 1.72 bits per heavy atom. The molecule has 18 heavy (non-hydrogen) atoms. The van der Waals surface area contributed by atoms with Gasteiger partial charge in [-0.25, -0.2) is 0 Å². The highest BCUT2D eigenvalue weighted by Crippen LogP contribution is 2.20. The fourth-order valence-electron chi connectivity index (χ4n) is 1.67. The second-order valence-corrected chi connectivity index (χ2v) is 4.18. The first kappa shape index (κ1) is 16.3. The molecule has 0 amide bonds. The lowest BCUT2D eigenvalue weighted by atomic mass is 9.99. The first-order valence-electron chi connectivity index (χ1n) is 6.46. The molecule has 0 atom stereocenters. The molecule has 0 aliphatic carbocycles. The van der Waals surface area contributed by atoms with E-state index in [9.17, 15) is 0 Å². The molecule has 0 aliphatic rings. The molecule has 0 aliphatic heterocycles. The number of allylic oxidation sites excluding steroid dienone is 4. The smallest absolute Gasteiger partial charge is 0.0185 e. The molecular weight excluding hydrogens is 216 g/mol. The SMILES string of the molecule is C#C.CC/C=C\C(=C/CC)c1ccc(C)c(C)c1. The molecule has 0 spiro atoms. The number of hydrogen-bond donors (Lipinski definition) is 0. The summed E-state index contributed by atoms with van der Waals surface area (Å²) in [6.07, 6.45) is 16.9. The Bertz CT molecular complexity index is 431. The molecule has 0 aromatic heterocycles. The minimum Gasteiger partial charge on any atom is -0.124 e. The van der Waals surface area contributed by atoms with Gasteiger partial charge in [-0.1, -0.05) is 50.3 Å². The maximum absolute atomic E-state index is 4.00. The van der Waals surface area contributed by atoms with Crippen LogP contribution in [-0.2, 0) is 0 Å². The van der Waals surface area contributed by atoms with Gasteiger partial charge < -0.3 is 0 Å². The summed E-state index contributed by atoms with van der Waals surface area (Å²) in [4.78, 5) is 0. The summed E-state index contributed by atoms with van der Waals surface area (Å²) in [5.41, 5.74) is 5.39. The average Bonchev–Trinajstić information content (AvgIpc) is 2.40. The number of aryl methyl sites for hydroxylation is 2. The summed E-state index contributed by atoms with van der Waals surface area (Å²) < 4.78 is 0. The van der Waals surface area contributed by atoms with Gasteiger partial charge in [-0.2, -0.15) is 0 Å². The third kappa shape index (κ3) is 5.06. The van der Waals surface area contributed by atoms with E-state index in [2.05, 4.69) is 77.0 Å². The van der Waals surface area contributed by atoms with Crippen molar-refractivity contribution in [1.29, 1.82) is 0 Å². The number of benzene rings is 1. The van der Waals surface area contributed by atoms with Crippen molar-refractivity contribution in [1.82, 2.24) is 0 Å². The molecular formula is C18H24. The normalized spacial score (nSPS) is 11.1. The molecule has 0 nitrogen and oxygen atoms in total. The van der Waals surface area contributed by atoms with Crippen molar-refractivity contribution in [3.8, 4) is 12.8 Å². The van der Waals surface area contributed by atoms with E-state index in [-0.39, 0.29) is 0 Å². The van der Waals surface area contributed by atoms with Gasteiger partial charge in [0.05, 0.1) is 0 Å². The van der Waals surface area contributed by atoms with Crippen LogP contribution in [0.15, 0.2) is 36.4 Å². The molecule has 0 heteroatoms. The molecule has 1 aromatic rings. The van der Waals surface area contributed by atoms with Gasteiger partial charge in [0.15, 0.2) is 0 Å². The molecule has 0 heterocycles. The summed E-state index contributed by atoms with van der Waals surface area (Å²) >= 11 is 0. The van der Waals surface area contributed by atoms with Crippen LogP contribution in [0.4, 0.5) is 0 Å². The Labute approximate surface area is 112 Å². The average molecular weight is 240 g/mol. The summed E-state index contributed by atoms with van der Waals surface area (Å²) in [5, 5.41) is 0. The molecule has 0 saturated heterocycles. The Morgan fingerprint density at radius 3 is 2.22 bits per heavy atom. The van der Waals surface area contributed by atoms with Crippen molar-refractivity contribution in [2.75, 3.05) is 0 Å². The third-order valence-electron chi connectivity index (χ3n) is 2.80. The van der Waals surface area contributed by atoms with E-state index in [1.807, 2.05) is 0 Å². The van der Waals surface area contributed by atoms with Crippen LogP contribution < -0.4 is 0 Å². The van der Waals surface area contributed by atoms with Gasteiger partial charge in [0, 0.05) is 0 Å². The van der Waals surface area contributed by atoms with E-state index < -0.39 is 0 Å². The van der Waals surface area contributed by atoms with Crippen LogP contribution in [0.3, 0.4) is 0 Å². The zero-order chi connectivity index (χ0) is 14.0. The highest BCUT2D eigenvalue weighted by atomic mass is 14.0. The van der Waals surface area contributed by atoms with Crippen LogP contribution in [0, 0.1) is 26.7 Å². The van der Waals surface area contributed by atoms with Crippen LogP contribution >= 0.6 is 0 Å². The Hall–Kier alpha value is -1.74. The van der Waals surface area contributed by atoms with Crippen LogP contribution in [-0.4, -0.2) is 0 Å². The van der Waals surface area contributed by atoms with Crippen molar-refractivity contribution < 1.29 is 0 Å². The summed E-state index contributed by atoms with van der Waals surface area (Å²) in [7, 11) is 0. The summed E-state index contributed by atoms with van der Waals surface area (Å²) in [5.74, 6) is 0. The Kier molecular flexibility index (Phi) is 8.41. The molecule has 0 fully saturated rings. The number of terminal acetylenes is 1. The van der Waals surface area contributed by atoms with Gasteiger partial charge in [-0.15, -0.1) is 12.8 Å². The van der Waals surface area contributed by atoms with Gasteiger partial charge in [-0.3, -0.25) is 0 Å². The Morgan fingerprint density at radius 1 is 1.06 bits per heavy atom. The second-order valence-electron chi connectivity index (χ2n) is 4.18. The fraction of sp³-hybridized carbons (Fsp3) is 0.333. The second kappa shape index (κ2) is 9.31. The van der Waals surface area contributed by atoms with E-state index in [1.54, 1.807) is 0 Å². The van der Waals surface area contributed by atoms with Crippen molar-refractivity contribution in [3.63, 3.8) is 0 Å². The lowest BCUT2D eigenvalue weighted by Gasteiger charge is -2.06. The van der Waals surface area contributed by atoms with Gasteiger partial charge in [0.25, 0.3) is 0 Å². The van der Waals surface area contributed by atoms with Crippen LogP contribution in [0.2, 0.25) is 0 Å². The van der Waals surface area contributed by atoms with Gasteiger partial charge in [-0.05, 0) is 49.0 Å². The van der Waals surface area contributed by atoms with E-state index in [0.717, 1.165) is 12.8 Å². The third-order valence-corrected chi connectivity index (χ3v) is 2.80. The minimum absolute atomic E-state index is 1.08. The largest absolute Gasteiger partial charge is 0.124 e. The van der Waals surface area contributed by atoms with Crippen LogP contribution in [0.25, 0.3) is 5.57 Å².